The van der Waals surface area contributed by atoms with Gasteiger partial charge < -0.3 is 4.57 Å². The third kappa shape index (κ3) is 2.86. The van der Waals surface area contributed by atoms with Crippen molar-refractivity contribution in [2.75, 3.05) is 0 Å². The molecule has 0 saturated carbocycles. The number of benzene rings is 4. The first kappa shape index (κ1) is 18.7. The molecule has 0 N–H and O–H groups in total. The Morgan fingerprint density at radius 1 is 0.567 bits per heavy atom. The summed E-state index contributed by atoms with van der Waals surface area (Å²) in [6.45, 7) is 0. The fraction of sp³-hybridized carbons (Fsp3) is 0. The molecule has 1 aliphatic rings. The molecule has 0 radical (unpaired) electrons. The van der Waals surface area contributed by atoms with Gasteiger partial charge in [-0.3, -0.25) is 0 Å². The van der Waals surface area contributed by atoms with Gasteiger partial charge in [0.25, 0.3) is 0 Å². The third-order valence-corrected chi connectivity index (χ3v) is 8.64. The van der Waals surface area contributed by atoms with Gasteiger partial charge in [0, 0.05) is 21.5 Å². The van der Waals surface area contributed by atoms with Crippen molar-refractivity contribution in [1.82, 2.24) is 0 Å². The molecule has 4 aromatic carbocycles. The van der Waals surface area contributed by atoms with Crippen molar-refractivity contribution >= 4 is 28.6 Å². The van der Waals surface area contributed by atoms with Crippen molar-refractivity contribution in [3.8, 4) is 0 Å². The average Bonchev–Trinajstić information content (AvgIpc) is 3.06. The summed E-state index contributed by atoms with van der Waals surface area (Å²) in [7, 11) is -3.23. The summed E-state index contributed by atoms with van der Waals surface area (Å²) in [5.41, 5.74) is 3.12. The number of hydrogen-bond acceptors (Lipinski definition) is 1. The van der Waals surface area contributed by atoms with Gasteiger partial charge in [-0.15, -0.1) is 0 Å². The first-order valence-corrected chi connectivity index (χ1v) is 11.3. The summed E-state index contributed by atoms with van der Waals surface area (Å²) in [6.07, 6.45) is 0. The molecule has 5 rings (SSSR count). The van der Waals surface area contributed by atoms with E-state index in [-0.39, 0.29) is 11.6 Å². The topological polar surface area (TPSA) is 17.1 Å². The SMILES string of the molecule is O=P1(c2ccccc2)C(c2ccc(F)cc2)=C(c2ccc(F)cc2)c2ccccc21. The number of halogens is 2. The van der Waals surface area contributed by atoms with Crippen LogP contribution < -0.4 is 10.6 Å². The molecule has 1 atom stereocenters. The monoisotopic (exact) mass is 414 g/mol. The molecule has 146 valence electrons. The van der Waals surface area contributed by atoms with Crippen LogP contribution in [0.25, 0.3) is 10.9 Å². The fourth-order valence-electron chi connectivity index (χ4n) is 4.11. The molecule has 0 aliphatic carbocycles. The molecule has 1 nitrogen and oxygen atoms in total. The van der Waals surface area contributed by atoms with Crippen LogP contribution in [0.15, 0.2) is 103 Å². The summed E-state index contributed by atoms with van der Waals surface area (Å²) in [5, 5.41) is 2.12. The second-order valence-electron chi connectivity index (χ2n) is 7.20. The normalized spacial score (nSPS) is 17.8. The predicted molar refractivity (Wildman–Crippen MR) is 118 cm³/mol. The zero-order valence-electron chi connectivity index (χ0n) is 15.9. The molecule has 4 heteroatoms. The Hall–Kier alpha value is -3.29. The highest BCUT2D eigenvalue weighted by Crippen LogP contribution is 2.65. The quantitative estimate of drug-likeness (QED) is 0.364. The molecule has 0 bridgehead atoms. The van der Waals surface area contributed by atoms with E-state index >= 15 is 0 Å². The predicted octanol–water partition coefficient (Wildman–Crippen LogP) is 6.21. The molecule has 1 aliphatic heterocycles. The van der Waals surface area contributed by atoms with E-state index < -0.39 is 7.14 Å². The van der Waals surface area contributed by atoms with E-state index in [0.29, 0.717) is 16.2 Å². The van der Waals surface area contributed by atoms with Crippen LogP contribution in [-0.4, -0.2) is 0 Å². The minimum atomic E-state index is -3.23. The maximum Gasteiger partial charge on any atom is 0.172 e. The Morgan fingerprint density at radius 3 is 1.73 bits per heavy atom. The summed E-state index contributed by atoms with van der Waals surface area (Å²) < 4.78 is 42.2. The maximum atomic E-state index is 14.9. The highest BCUT2D eigenvalue weighted by Gasteiger charge is 2.43. The lowest BCUT2D eigenvalue weighted by Crippen LogP contribution is -2.15. The van der Waals surface area contributed by atoms with Gasteiger partial charge >= 0.3 is 0 Å². The van der Waals surface area contributed by atoms with Crippen LogP contribution in [0.4, 0.5) is 8.78 Å². The van der Waals surface area contributed by atoms with Crippen molar-refractivity contribution in [2.45, 2.75) is 0 Å². The fourth-order valence-corrected chi connectivity index (χ4v) is 7.38. The Bertz CT molecular complexity index is 1310. The third-order valence-electron chi connectivity index (χ3n) is 5.43. The summed E-state index contributed by atoms with van der Waals surface area (Å²) in [4.78, 5) is 0. The smallest absolute Gasteiger partial charge is 0.172 e. The minimum absolute atomic E-state index is 0.333. The zero-order valence-corrected chi connectivity index (χ0v) is 16.8. The Kier molecular flexibility index (Phi) is 4.49. The van der Waals surface area contributed by atoms with Crippen LogP contribution in [-0.2, 0) is 4.57 Å². The van der Waals surface area contributed by atoms with Gasteiger partial charge in [-0.1, -0.05) is 78.9 Å². The Labute approximate surface area is 173 Å². The van der Waals surface area contributed by atoms with Crippen LogP contribution in [0, 0.1) is 11.6 Å². The van der Waals surface area contributed by atoms with E-state index in [4.69, 9.17) is 0 Å². The van der Waals surface area contributed by atoms with Crippen LogP contribution in [0.3, 0.4) is 0 Å². The molecule has 4 aromatic rings. The second-order valence-corrected chi connectivity index (χ2v) is 9.86. The largest absolute Gasteiger partial charge is 0.309 e. The summed E-state index contributed by atoms with van der Waals surface area (Å²) >= 11 is 0. The molecule has 0 aromatic heterocycles. The van der Waals surface area contributed by atoms with Crippen molar-refractivity contribution in [3.05, 3.63) is 131 Å². The Morgan fingerprint density at radius 2 is 1.10 bits per heavy atom. The lowest BCUT2D eigenvalue weighted by molar-refractivity contribution is 0.593. The molecule has 0 saturated heterocycles. The lowest BCUT2D eigenvalue weighted by Gasteiger charge is -2.19. The first-order valence-electron chi connectivity index (χ1n) is 9.61. The highest BCUT2D eigenvalue weighted by molar-refractivity contribution is 7.88. The minimum Gasteiger partial charge on any atom is -0.309 e. The van der Waals surface area contributed by atoms with Crippen molar-refractivity contribution in [2.24, 2.45) is 0 Å². The summed E-state index contributed by atoms with van der Waals surface area (Å²) in [5.74, 6) is -0.687. The van der Waals surface area contributed by atoms with Crippen LogP contribution >= 0.6 is 7.14 Å². The molecular formula is C26H17F2OP. The van der Waals surface area contributed by atoms with Crippen LogP contribution in [0.5, 0.6) is 0 Å². The van der Waals surface area contributed by atoms with Gasteiger partial charge in [0.2, 0.25) is 0 Å². The standard InChI is InChI=1S/C26H17F2OP/c27-20-14-10-18(11-15-20)25-23-8-4-5-9-24(23)30(29,22-6-2-1-3-7-22)26(25)19-12-16-21(28)17-13-19/h1-17H. The molecule has 1 unspecified atom stereocenters. The highest BCUT2D eigenvalue weighted by atomic mass is 31.2. The number of hydrogen-bond donors (Lipinski definition) is 0. The number of fused-ring (bicyclic) bond motifs is 1. The van der Waals surface area contributed by atoms with E-state index in [9.17, 15) is 13.3 Å². The van der Waals surface area contributed by atoms with Gasteiger partial charge in [0.15, 0.2) is 7.14 Å². The van der Waals surface area contributed by atoms with Crippen molar-refractivity contribution in [1.29, 1.82) is 0 Å². The van der Waals surface area contributed by atoms with E-state index in [1.165, 1.54) is 24.3 Å². The van der Waals surface area contributed by atoms with E-state index in [0.717, 1.165) is 22.0 Å². The number of rotatable bonds is 3. The molecule has 30 heavy (non-hydrogen) atoms. The van der Waals surface area contributed by atoms with Crippen molar-refractivity contribution in [3.63, 3.8) is 0 Å². The Balaban J connectivity index is 1.91. The molecule has 1 heterocycles. The molecule has 0 amide bonds. The summed E-state index contributed by atoms with van der Waals surface area (Å²) in [6, 6.07) is 29.3. The van der Waals surface area contributed by atoms with Crippen LogP contribution in [0.1, 0.15) is 16.7 Å². The van der Waals surface area contributed by atoms with E-state index in [1.807, 2.05) is 54.6 Å². The van der Waals surface area contributed by atoms with Gasteiger partial charge in [0.1, 0.15) is 11.6 Å². The molecule has 0 fully saturated rings. The van der Waals surface area contributed by atoms with Gasteiger partial charge in [0.05, 0.1) is 0 Å². The van der Waals surface area contributed by atoms with Gasteiger partial charge in [-0.25, -0.2) is 8.78 Å². The van der Waals surface area contributed by atoms with Crippen molar-refractivity contribution < 1.29 is 13.3 Å². The van der Waals surface area contributed by atoms with Gasteiger partial charge in [-0.05, 0) is 41.0 Å². The lowest BCUT2D eigenvalue weighted by atomic mass is 9.95. The maximum absolute atomic E-state index is 14.9. The van der Waals surface area contributed by atoms with E-state index in [2.05, 4.69) is 0 Å². The first-order chi connectivity index (χ1) is 14.6. The van der Waals surface area contributed by atoms with E-state index in [1.54, 1.807) is 24.3 Å². The van der Waals surface area contributed by atoms with Crippen LogP contribution in [0.2, 0.25) is 0 Å². The molecule has 0 spiro atoms. The average molecular weight is 414 g/mol. The molecular weight excluding hydrogens is 397 g/mol. The van der Waals surface area contributed by atoms with Gasteiger partial charge in [-0.2, -0.15) is 0 Å². The zero-order chi connectivity index (χ0) is 20.7. The second kappa shape index (κ2) is 7.19.